The summed E-state index contributed by atoms with van der Waals surface area (Å²) >= 11 is 0. The second-order valence-electron chi connectivity index (χ2n) is 4.64. The number of aliphatic hydroxyl groups excluding tert-OH is 1. The van der Waals surface area contributed by atoms with E-state index in [1.165, 1.54) is 7.11 Å². The largest absolute Gasteiger partial charge is 0.467 e. The van der Waals surface area contributed by atoms with Gasteiger partial charge in [0, 0.05) is 12.2 Å². The van der Waals surface area contributed by atoms with Crippen LogP contribution in [0.1, 0.15) is 17.9 Å². The van der Waals surface area contributed by atoms with Crippen molar-refractivity contribution in [1.82, 2.24) is 5.32 Å². The second kappa shape index (κ2) is 6.38. The molecular formula is C14H18N2O4. The first-order chi connectivity index (χ1) is 9.63. The standard InChI is InChI=1S/C14H18N2O4/c1-20-14(19)12(17)8-16-13(18)10-6-7-15-11-5-3-2-4-9(10)11/h2-5,10,12,15,17H,6-8H2,1H3,(H,16,18). The predicted molar refractivity (Wildman–Crippen MR) is 73.3 cm³/mol. The Labute approximate surface area is 117 Å². The van der Waals surface area contributed by atoms with Crippen molar-refractivity contribution < 1.29 is 19.4 Å². The smallest absolute Gasteiger partial charge is 0.336 e. The fourth-order valence-corrected chi connectivity index (χ4v) is 2.28. The summed E-state index contributed by atoms with van der Waals surface area (Å²) in [7, 11) is 1.19. The maximum atomic E-state index is 12.2. The molecule has 0 aromatic heterocycles. The van der Waals surface area contributed by atoms with Gasteiger partial charge in [-0.05, 0) is 18.1 Å². The van der Waals surface area contributed by atoms with E-state index < -0.39 is 12.1 Å². The highest BCUT2D eigenvalue weighted by atomic mass is 16.5. The lowest BCUT2D eigenvalue weighted by molar-refractivity contribution is -0.150. The number of para-hydroxylation sites is 1. The molecule has 0 bridgehead atoms. The number of amides is 1. The van der Waals surface area contributed by atoms with Gasteiger partial charge >= 0.3 is 5.97 Å². The van der Waals surface area contributed by atoms with Crippen molar-refractivity contribution >= 4 is 17.6 Å². The van der Waals surface area contributed by atoms with Crippen molar-refractivity contribution in [3.05, 3.63) is 29.8 Å². The summed E-state index contributed by atoms with van der Waals surface area (Å²) in [4.78, 5) is 23.2. The molecule has 20 heavy (non-hydrogen) atoms. The Morgan fingerprint density at radius 2 is 2.25 bits per heavy atom. The molecule has 0 aliphatic carbocycles. The number of carbonyl (C=O) groups is 2. The van der Waals surface area contributed by atoms with Gasteiger partial charge in [0.15, 0.2) is 6.10 Å². The average Bonchev–Trinajstić information content (AvgIpc) is 2.50. The number of hydrogen-bond donors (Lipinski definition) is 3. The first-order valence-electron chi connectivity index (χ1n) is 6.50. The zero-order chi connectivity index (χ0) is 14.5. The van der Waals surface area contributed by atoms with Crippen molar-refractivity contribution in [2.75, 3.05) is 25.5 Å². The second-order valence-corrected chi connectivity index (χ2v) is 4.64. The molecular weight excluding hydrogens is 260 g/mol. The molecule has 1 aliphatic rings. The minimum Gasteiger partial charge on any atom is -0.467 e. The van der Waals surface area contributed by atoms with Crippen molar-refractivity contribution in [3.63, 3.8) is 0 Å². The number of rotatable bonds is 4. The molecule has 1 heterocycles. The third-order valence-electron chi connectivity index (χ3n) is 3.34. The van der Waals surface area contributed by atoms with Crippen LogP contribution in [0.15, 0.2) is 24.3 Å². The van der Waals surface area contributed by atoms with Crippen molar-refractivity contribution in [1.29, 1.82) is 0 Å². The van der Waals surface area contributed by atoms with Gasteiger partial charge < -0.3 is 20.5 Å². The normalized spacial score (nSPS) is 18.4. The molecule has 0 radical (unpaired) electrons. The summed E-state index contributed by atoms with van der Waals surface area (Å²) in [6, 6.07) is 7.63. The number of carbonyl (C=O) groups excluding carboxylic acids is 2. The van der Waals surface area contributed by atoms with Crippen LogP contribution in [0, 0.1) is 0 Å². The molecule has 3 N–H and O–H groups in total. The monoisotopic (exact) mass is 278 g/mol. The predicted octanol–water partition coefficient (Wildman–Crippen LogP) is 0.236. The zero-order valence-electron chi connectivity index (χ0n) is 11.3. The lowest BCUT2D eigenvalue weighted by atomic mass is 9.90. The summed E-state index contributed by atoms with van der Waals surface area (Å²) in [5.41, 5.74) is 1.89. The third kappa shape index (κ3) is 3.08. The molecule has 0 fully saturated rings. The van der Waals surface area contributed by atoms with E-state index in [1.807, 2.05) is 24.3 Å². The van der Waals surface area contributed by atoms with E-state index >= 15 is 0 Å². The molecule has 2 atom stereocenters. The van der Waals surface area contributed by atoms with Gasteiger partial charge in [-0.1, -0.05) is 18.2 Å². The Morgan fingerprint density at radius 1 is 1.50 bits per heavy atom. The number of anilines is 1. The van der Waals surface area contributed by atoms with Crippen LogP contribution in [-0.2, 0) is 14.3 Å². The quantitative estimate of drug-likeness (QED) is 0.687. The molecule has 1 aromatic rings. The van der Waals surface area contributed by atoms with Gasteiger partial charge in [0.25, 0.3) is 0 Å². The Hall–Kier alpha value is -2.08. The van der Waals surface area contributed by atoms with Crippen molar-refractivity contribution in [3.8, 4) is 0 Å². The molecule has 1 aromatic carbocycles. The summed E-state index contributed by atoms with van der Waals surface area (Å²) in [5, 5.41) is 15.3. The van der Waals surface area contributed by atoms with Gasteiger partial charge in [0.1, 0.15) is 0 Å². The summed E-state index contributed by atoms with van der Waals surface area (Å²) < 4.78 is 4.40. The van der Waals surface area contributed by atoms with Crippen LogP contribution in [0.3, 0.4) is 0 Å². The first kappa shape index (κ1) is 14.3. The van der Waals surface area contributed by atoms with E-state index in [9.17, 15) is 14.7 Å². The van der Waals surface area contributed by atoms with Gasteiger partial charge in [0.05, 0.1) is 19.6 Å². The molecule has 1 aliphatic heterocycles. The highest BCUT2D eigenvalue weighted by molar-refractivity contribution is 5.87. The fraction of sp³-hybridized carbons (Fsp3) is 0.429. The number of ether oxygens (including phenoxy) is 1. The van der Waals surface area contributed by atoms with Crippen LogP contribution in [0.4, 0.5) is 5.69 Å². The van der Waals surface area contributed by atoms with E-state index in [0.29, 0.717) is 13.0 Å². The Bertz CT molecular complexity index is 504. The van der Waals surface area contributed by atoms with Crippen LogP contribution >= 0.6 is 0 Å². The van der Waals surface area contributed by atoms with E-state index in [4.69, 9.17) is 0 Å². The third-order valence-corrected chi connectivity index (χ3v) is 3.34. The van der Waals surface area contributed by atoms with Crippen molar-refractivity contribution in [2.45, 2.75) is 18.4 Å². The maximum absolute atomic E-state index is 12.2. The Balaban J connectivity index is 1.99. The van der Waals surface area contributed by atoms with Crippen LogP contribution in [0.2, 0.25) is 0 Å². The van der Waals surface area contributed by atoms with E-state index in [1.54, 1.807) is 0 Å². The molecule has 2 rings (SSSR count). The van der Waals surface area contributed by atoms with Crippen LogP contribution < -0.4 is 10.6 Å². The van der Waals surface area contributed by atoms with E-state index in [-0.39, 0.29) is 18.4 Å². The molecule has 108 valence electrons. The number of methoxy groups -OCH3 is 1. The minimum atomic E-state index is -1.33. The van der Waals surface area contributed by atoms with E-state index in [2.05, 4.69) is 15.4 Å². The Morgan fingerprint density at radius 3 is 3.00 bits per heavy atom. The zero-order valence-corrected chi connectivity index (χ0v) is 11.3. The number of benzene rings is 1. The highest BCUT2D eigenvalue weighted by Gasteiger charge is 2.27. The maximum Gasteiger partial charge on any atom is 0.336 e. The number of esters is 1. The van der Waals surface area contributed by atoms with Gasteiger partial charge in [-0.15, -0.1) is 0 Å². The minimum absolute atomic E-state index is 0.141. The molecule has 2 unspecified atom stereocenters. The number of aliphatic hydroxyl groups is 1. The van der Waals surface area contributed by atoms with Gasteiger partial charge in [0.2, 0.25) is 5.91 Å². The van der Waals surface area contributed by atoms with Crippen LogP contribution in [0.25, 0.3) is 0 Å². The van der Waals surface area contributed by atoms with Crippen LogP contribution in [0.5, 0.6) is 0 Å². The topological polar surface area (TPSA) is 87.7 Å². The summed E-state index contributed by atoms with van der Waals surface area (Å²) in [5.74, 6) is -1.21. The SMILES string of the molecule is COC(=O)C(O)CNC(=O)C1CCNc2ccccc21. The van der Waals surface area contributed by atoms with Gasteiger partial charge in [-0.2, -0.15) is 0 Å². The molecule has 6 heteroatoms. The highest BCUT2D eigenvalue weighted by Crippen LogP contribution is 2.31. The van der Waals surface area contributed by atoms with Gasteiger partial charge in [-0.3, -0.25) is 4.79 Å². The van der Waals surface area contributed by atoms with Gasteiger partial charge in [-0.25, -0.2) is 4.79 Å². The fourth-order valence-electron chi connectivity index (χ4n) is 2.28. The summed E-state index contributed by atoms with van der Waals surface area (Å²) in [6.07, 6.45) is -0.655. The van der Waals surface area contributed by atoms with Crippen molar-refractivity contribution in [2.24, 2.45) is 0 Å². The lowest BCUT2D eigenvalue weighted by Crippen LogP contribution is -2.40. The Kier molecular flexibility index (Phi) is 4.57. The molecule has 0 saturated heterocycles. The number of hydrogen-bond acceptors (Lipinski definition) is 5. The molecule has 1 amide bonds. The van der Waals surface area contributed by atoms with Crippen LogP contribution in [-0.4, -0.2) is 43.3 Å². The summed E-state index contributed by atoms with van der Waals surface area (Å²) in [6.45, 7) is 0.576. The number of nitrogens with one attached hydrogen (secondary N) is 2. The molecule has 6 nitrogen and oxygen atoms in total. The number of fused-ring (bicyclic) bond motifs is 1. The lowest BCUT2D eigenvalue weighted by Gasteiger charge is -2.26. The molecule has 0 saturated carbocycles. The average molecular weight is 278 g/mol. The molecule has 0 spiro atoms. The van der Waals surface area contributed by atoms with E-state index in [0.717, 1.165) is 11.3 Å². The first-order valence-corrected chi connectivity index (χ1v) is 6.50.